The normalized spacial score (nSPS) is 21.5. The van der Waals surface area contributed by atoms with Crippen LogP contribution in [0.15, 0.2) is 30.3 Å². The summed E-state index contributed by atoms with van der Waals surface area (Å²) in [6.45, 7) is 10.9. The van der Waals surface area contributed by atoms with E-state index < -0.39 is 72.4 Å². The molecule has 1 amide bonds. The van der Waals surface area contributed by atoms with E-state index in [1.807, 2.05) is 39.8 Å². The number of carboxylic acid groups (broad SMARTS) is 1. The molecular weight excluding hydrogens is 1030 g/mol. The number of amides is 1. The standard InChI is InChI=1S/C50H62Cl2N4O15S2/c1-48(2)25-29(27-72(61,62)63)33-23-35-45(31-7-5-13-54(48)43(31)33)71-46-32-8-6-14-55-44(32)34(30(26-49(55,3)4)28-73(64,65)66)24-36(46)50(35)42-38(52)10-9-37(51)41(42)47(60)56(50)53-39(57)11-15-67-17-19-69-21-22-70-20-18-68-16-12-40(58)59/h9-10,23-25,30,39,53,57H,5-8,11-22,26-28H2,1-4H3,(H,58,59)(H,61,62,63)(H,64,65,66). The average molecular weight is 1090 g/mol. The van der Waals surface area contributed by atoms with Crippen LogP contribution in [0.4, 0.5) is 11.4 Å². The molecule has 0 radical (unpaired) electrons. The summed E-state index contributed by atoms with van der Waals surface area (Å²) in [7, 11) is -9.12. The lowest BCUT2D eigenvalue weighted by atomic mass is 9.68. The van der Waals surface area contributed by atoms with E-state index >= 15 is 4.79 Å². The van der Waals surface area contributed by atoms with Gasteiger partial charge in [0.2, 0.25) is 0 Å². The van der Waals surface area contributed by atoms with Crippen LogP contribution in [0.1, 0.15) is 115 Å². The first-order valence-corrected chi connectivity index (χ1v) is 28.5. The smallest absolute Gasteiger partial charge is 0.305 e. The van der Waals surface area contributed by atoms with E-state index in [9.17, 15) is 35.8 Å². The molecule has 3 aromatic carbocycles. The number of fused-ring (bicyclic) bond motifs is 8. The molecule has 0 saturated heterocycles. The van der Waals surface area contributed by atoms with Crippen LogP contribution in [0.2, 0.25) is 10.0 Å². The maximum absolute atomic E-state index is 15.5. The molecular formula is C50H62Cl2N4O15S2. The van der Waals surface area contributed by atoms with Gasteiger partial charge in [0.25, 0.3) is 26.1 Å². The van der Waals surface area contributed by atoms with Gasteiger partial charge < -0.3 is 43.7 Å². The zero-order valence-electron chi connectivity index (χ0n) is 41.2. The Morgan fingerprint density at radius 1 is 0.822 bits per heavy atom. The van der Waals surface area contributed by atoms with Crippen molar-refractivity contribution >= 4 is 72.3 Å². The summed E-state index contributed by atoms with van der Waals surface area (Å²) in [5, 5.41) is 22.2. The number of carboxylic acids is 1. The second-order valence-corrected chi connectivity index (χ2v) is 24.3. The quantitative estimate of drug-likeness (QED) is 0.0444. The third kappa shape index (κ3) is 10.2. The van der Waals surface area contributed by atoms with Crippen LogP contribution in [-0.2, 0) is 62.4 Å². The van der Waals surface area contributed by atoms with Crippen molar-refractivity contribution in [1.82, 2.24) is 10.4 Å². The molecule has 0 aliphatic carbocycles. The number of nitrogens with zero attached hydrogens (tertiary/aromatic N) is 3. The summed E-state index contributed by atoms with van der Waals surface area (Å²) < 4.78 is 102. The molecule has 6 aliphatic heterocycles. The van der Waals surface area contributed by atoms with E-state index in [-0.39, 0.29) is 86.9 Å². The molecule has 19 nitrogen and oxygen atoms in total. The predicted octanol–water partition coefficient (Wildman–Crippen LogP) is 6.32. The van der Waals surface area contributed by atoms with Crippen LogP contribution in [0, 0.1) is 0 Å². The number of carbonyl (C=O) groups is 2. The zero-order valence-corrected chi connectivity index (χ0v) is 44.3. The van der Waals surface area contributed by atoms with Crippen molar-refractivity contribution in [2.45, 2.75) is 101 Å². The molecule has 3 aromatic rings. The first-order valence-electron chi connectivity index (χ1n) is 24.5. The molecule has 1 spiro atoms. The largest absolute Gasteiger partial charge is 0.481 e. The Bertz CT molecular complexity index is 2970. The number of aliphatic carboxylic acids is 1. The molecule has 3 atom stereocenters. The lowest BCUT2D eigenvalue weighted by Gasteiger charge is -2.53. The fraction of sp³-hybridized carbons (Fsp3) is 0.560. The number of hydrogen-bond donors (Lipinski definition) is 5. The van der Waals surface area contributed by atoms with E-state index in [0.29, 0.717) is 84.5 Å². The summed E-state index contributed by atoms with van der Waals surface area (Å²) in [6.07, 6.45) is 2.98. The van der Waals surface area contributed by atoms with Gasteiger partial charge in [-0.1, -0.05) is 29.3 Å². The van der Waals surface area contributed by atoms with Crippen molar-refractivity contribution in [2.24, 2.45) is 0 Å². The first kappa shape index (κ1) is 53.7. The van der Waals surface area contributed by atoms with E-state index in [4.69, 9.17) is 52.0 Å². The molecule has 6 aliphatic rings. The number of benzene rings is 3. The SMILES string of the molecule is CC1(C)C=C(CS(=O)(=O)O)c2cc3c(c4c2N1CCC4)Oc1c(cc2c4c1CCCN4C(C)(C)CC2CS(=O)(=O)O)C31c2c(Cl)ccc(Cl)c2C(=O)N1NC(O)CCOCCOCCOCCOCCC(=O)O. The molecule has 0 saturated carbocycles. The van der Waals surface area contributed by atoms with Crippen molar-refractivity contribution in [1.29, 1.82) is 0 Å². The zero-order chi connectivity index (χ0) is 52.4. The van der Waals surface area contributed by atoms with Crippen LogP contribution in [-0.4, -0.2) is 148 Å². The maximum Gasteiger partial charge on any atom is 0.305 e. The van der Waals surface area contributed by atoms with Crippen molar-refractivity contribution in [3.05, 3.63) is 84.9 Å². The number of carbonyl (C=O) groups excluding carboxylic acids is 1. The second kappa shape index (κ2) is 20.5. The Morgan fingerprint density at radius 2 is 1.40 bits per heavy atom. The number of anilines is 2. The monoisotopic (exact) mass is 1090 g/mol. The van der Waals surface area contributed by atoms with Crippen LogP contribution in [0.3, 0.4) is 0 Å². The summed E-state index contributed by atoms with van der Waals surface area (Å²) in [6, 6.07) is 6.71. The molecule has 6 heterocycles. The van der Waals surface area contributed by atoms with E-state index in [1.165, 1.54) is 11.1 Å². The Kier molecular flexibility index (Phi) is 15.0. The summed E-state index contributed by atoms with van der Waals surface area (Å²) >= 11 is 14.5. The molecule has 0 fully saturated rings. The fourth-order valence-electron chi connectivity index (χ4n) is 12.0. The molecule has 23 heteroatoms. The van der Waals surface area contributed by atoms with Crippen molar-refractivity contribution in [3.63, 3.8) is 0 Å². The van der Waals surface area contributed by atoms with Gasteiger partial charge in [-0.15, -0.1) is 0 Å². The number of halogens is 2. The van der Waals surface area contributed by atoms with E-state index in [2.05, 4.69) is 15.2 Å². The summed E-state index contributed by atoms with van der Waals surface area (Å²) in [5.41, 5.74) is 5.49. The molecule has 5 N–H and O–H groups in total. The van der Waals surface area contributed by atoms with Crippen molar-refractivity contribution < 1.29 is 69.4 Å². The van der Waals surface area contributed by atoms with Gasteiger partial charge >= 0.3 is 5.97 Å². The molecule has 73 heavy (non-hydrogen) atoms. The van der Waals surface area contributed by atoms with Crippen LogP contribution in [0.5, 0.6) is 11.5 Å². The Balaban J connectivity index is 1.15. The highest BCUT2D eigenvalue weighted by Gasteiger charge is 2.61. The van der Waals surface area contributed by atoms with Gasteiger partial charge in [-0.3, -0.25) is 23.7 Å². The average Bonchev–Trinajstić information content (AvgIpc) is 3.55. The molecule has 0 bridgehead atoms. The molecule has 9 rings (SSSR count). The Morgan fingerprint density at radius 3 is 2.01 bits per heavy atom. The minimum atomic E-state index is -4.59. The van der Waals surface area contributed by atoms with Crippen molar-refractivity contribution in [3.8, 4) is 11.5 Å². The summed E-state index contributed by atoms with van der Waals surface area (Å²) in [4.78, 5) is 30.6. The third-order valence-corrected chi connectivity index (χ3v) is 16.8. The van der Waals surface area contributed by atoms with Gasteiger partial charge in [-0.05, 0) is 95.2 Å². The highest BCUT2D eigenvalue weighted by molar-refractivity contribution is 7.86. The Hall–Kier alpha value is -4.10. The number of aliphatic hydroxyl groups is 1. The topological polar surface area (TPSA) is 251 Å². The van der Waals surface area contributed by atoms with Gasteiger partial charge in [0.05, 0.1) is 86.8 Å². The van der Waals surface area contributed by atoms with Gasteiger partial charge in [-0.2, -0.15) is 16.8 Å². The Labute approximate surface area is 435 Å². The first-order chi connectivity index (χ1) is 34.4. The van der Waals surface area contributed by atoms with Gasteiger partial charge in [0.15, 0.2) is 0 Å². The molecule has 398 valence electrons. The predicted molar refractivity (Wildman–Crippen MR) is 272 cm³/mol. The number of rotatable bonds is 21. The van der Waals surface area contributed by atoms with Crippen LogP contribution in [0.25, 0.3) is 5.57 Å². The third-order valence-electron chi connectivity index (χ3n) is 14.7. The number of hydrazine groups is 1. The highest BCUT2D eigenvalue weighted by Crippen LogP contribution is 2.65. The van der Waals surface area contributed by atoms with Gasteiger partial charge in [0, 0.05) is 75.1 Å². The maximum atomic E-state index is 15.5. The van der Waals surface area contributed by atoms with E-state index in [0.717, 1.165) is 22.5 Å². The highest BCUT2D eigenvalue weighted by atomic mass is 35.5. The minimum Gasteiger partial charge on any atom is -0.481 e. The molecule has 3 unspecified atom stereocenters. The van der Waals surface area contributed by atoms with Gasteiger partial charge in [0.1, 0.15) is 29.0 Å². The summed E-state index contributed by atoms with van der Waals surface area (Å²) in [5.74, 6) is -2.80. The van der Waals surface area contributed by atoms with Crippen molar-refractivity contribution in [2.75, 3.05) is 87.3 Å². The number of nitrogens with one attached hydrogen (secondary N) is 1. The second-order valence-electron chi connectivity index (χ2n) is 20.6. The minimum absolute atomic E-state index is 0.0230. The molecule has 0 aromatic heterocycles. The van der Waals surface area contributed by atoms with E-state index in [1.54, 1.807) is 12.1 Å². The number of hydrogen-bond acceptors (Lipinski definition) is 15. The lowest BCUT2D eigenvalue weighted by Crippen LogP contribution is -2.58. The lowest BCUT2D eigenvalue weighted by molar-refractivity contribution is -0.138. The van der Waals surface area contributed by atoms with Gasteiger partial charge in [-0.25, -0.2) is 5.43 Å². The van der Waals surface area contributed by atoms with Crippen LogP contribution < -0.4 is 20.0 Å². The number of aliphatic hydroxyl groups excluding tert-OH is 1. The fourth-order valence-corrected chi connectivity index (χ4v) is 13.9. The number of ether oxygens (including phenoxy) is 5. The van der Waals surface area contributed by atoms with Crippen LogP contribution >= 0.6 is 23.2 Å².